The van der Waals surface area contributed by atoms with Crippen LogP contribution in [0.5, 0.6) is 0 Å². The Morgan fingerprint density at radius 3 is 2.81 bits per heavy atom. The van der Waals surface area contributed by atoms with Crippen LogP contribution >= 0.6 is 0 Å². The van der Waals surface area contributed by atoms with Gasteiger partial charge < -0.3 is 10.8 Å². The maximum atomic E-state index is 5.71. The Balaban J connectivity index is 1.50. The van der Waals surface area contributed by atoms with Crippen LogP contribution in [0.3, 0.4) is 0 Å². The fraction of sp³-hybridized carbons (Fsp3) is 0.381. The second-order valence-corrected chi connectivity index (χ2v) is 7.16. The number of hydrazone groups is 1. The monoisotopic (exact) mass is 347 g/mol. The van der Waals surface area contributed by atoms with Crippen LogP contribution in [-0.4, -0.2) is 20.7 Å². The highest BCUT2D eigenvalue weighted by atomic mass is 15.1. The van der Waals surface area contributed by atoms with Gasteiger partial charge in [0.15, 0.2) is 0 Å². The fourth-order valence-electron chi connectivity index (χ4n) is 3.99. The molecule has 0 saturated heterocycles. The minimum absolute atomic E-state index is 0.732. The van der Waals surface area contributed by atoms with E-state index in [1.165, 1.54) is 38.5 Å². The van der Waals surface area contributed by atoms with Crippen molar-refractivity contribution in [2.24, 2.45) is 16.9 Å². The zero-order chi connectivity index (χ0) is 17.8. The molecule has 0 radical (unpaired) electrons. The molecule has 0 amide bonds. The van der Waals surface area contributed by atoms with Crippen molar-refractivity contribution in [1.29, 1.82) is 0 Å². The van der Waals surface area contributed by atoms with Crippen molar-refractivity contribution in [3.05, 3.63) is 59.7 Å². The highest BCUT2D eigenvalue weighted by Crippen LogP contribution is 2.27. The van der Waals surface area contributed by atoms with Crippen molar-refractivity contribution in [1.82, 2.24) is 15.0 Å². The van der Waals surface area contributed by atoms with E-state index >= 15 is 0 Å². The van der Waals surface area contributed by atoms with Gasteiger partial charge in [0, 0.05) is 40.8 Å². The van der Waals surface area contributed by atoms with E-state index in [2.05, 4.69) is 32.2 Å². The number of H-pyrrole nitrogens is 1. The predicted octanol–water partition coefficient (Wildman–Crippen LogP) is 4.18. The van der Waals surface area contributed by atoms with Crippen molar-refractivity contribution in [2.45, 2.75) is 44.9 Å². The quantitative estimate of drug-likeness (QED) is 0.413. The summed E-state index contributed by atoms with van der Waals surface area (Å²) in [5.41, 5.74) is 4.60. The minimum Gasteiger partial charge on any atom is -0.345 e. The van der Waals surface area contributed by atoms with Crippen LogP contribution in [0.15, 0.2) is 48.0 Å². The van der Waals surface area contributed by atoms with Gasteiger partial charge in [-0.2, -0.15) is 5.10 Å². The molecule has 3 N–H and O–H groups in total. The molecular weight excluding hydrogens is 322 g/mol. The zero-order valence-electron chi connectivity index (χ0n) is 15.0. The van der Waals surface area contributed by atoms with Gasteiger partial charge in [0.25, 0.3) is 0 Å². The average molecular weight is 347 g/mol. The van der Waals surface area contributed by atoms with Gasteiger partial charge in [-0.15, -0.1) is 0 Å². The molecule has 1 fully saturated rings. The first kappa shape index (κ1) is 16.8. The van der Waals surface area contributed by atoms with Gasteiger partial charge in [-0.05, 0) is 43.0 Å². The van der Waals surface area contributed by atoms with Crippen LogP contribution in [0, 0.1) is 5.92 Å². The van der Waals surface area contributed by atoms with Crippen LogP contribution in [0.25, 0.3) is 11.0 Å². The molecule has 26 heavy (non-hydrogen) atoms. The van der Waals surface area contributed by atoms with Gasteiger partial charge >= 0.3 is 0 Å². The highest BCUT2D eigenvalue weighted by molar-refractivity contribution is 6.18. The van der Waals surface area contributed by atoms with Crippen molar-refractivity contribution in [2.75, 3.05) is 0 Å². The summed E-state index contributed by atoms with van der Waals surface area (Å²) in [7, 11) is 0. The van der Waals surface area contributed by atoms with E-state index in [0.717, 1.165) is 45.9 Å². The number of nitrogens with one attached hydrogen (secondary N) is 1. The SMILES string of the molecule is N/N=C(/c1ccc(CCC2CCCCC2)nc1)c1c[nH]c2ncccc12. The van der Waals surface area contributed by atoms with Crippen LogP contribution < -0.4 is 5.84 Å². The number of aromatic nitrogens is 3. The Morgan fingerprint density at radius 2 is 2.04 bits per heavy atom. The lowest BCUT2D eigenvalue weighted by Crippen LogP contribution is -2.09. The third-order valence-electron chi connectivity index (χ3n) is 5.47. The summed E-state index contributed by atoms with van der Waals surface area (Å²) in [4.78, 5) is 12.2. The summed E-state index contributed by atoms with van der Waals surface area (Å²) in [6, 6.07) is 8.12. The Kier molecular flexibility index (Phi) is 4.95. The molecule has 1 aliphatic rings. The lowest BCUT2D eigenvalue weighted by Gasteiger charge is -2.21. The molecule has 0 aromatic carbocycles. The van der Waals surface area contributed by atoms with E-state index in [4.69, 9.17) is 5.84 Å². The first-order chi connectivity index (χ1) is 12.8. The normalized spacial score (nSPS) is 16.2. The second-order valence-electron chi connectivity index (χ2n) is 7.16. The summed E-state index contributed by atoms with van der Waals surface area (Å²) in [5.74, 6) is 6.59. The van der Waals surface area contributed by atoms with Gasteiger partial charge in [0.1, 0.15) is 11.4 Å². The molecule has 0 spiro atoms. The minimum atomic E-state index is 0.732. The van der Waals surface area contributed by atoms with E-state index in [0.29, 0.717) is 0 Å². The number of rotatable bonds is 5. The van der Waals surface area contributed by atoms with Gasteiger partial charge in [-0.25, -0.2) is 4.98 Å². The number of pyridine rings is 2. The topological polar surface area (TPSA) is 80.0 Å². The highest BCUT2D eigenvalue weighted by Gasteiger charge is 2.15. The molecule has 1 aliphatic carbocycles. The van der Waals surface area contributed by atoms with Gasteiger partial charge in [-0.1, -0.05) is 32.1 Å². The number of hydrogen-bond acceptors (Lipinski definition) is 4. The number of hydrogen-bond donors (Lipinski definition) is 2. The van der Waals surface area contributed by atoms with E-state index in [-0.39, 0.29) is 0 Å². The van der Waals surface area contributed by atoms with Gasteiger partial charge in [0.05, 0.1) is 0 Å². The third kappa shape index (κ3) is 3.47. The van der Waals surface area contributed by atoms with Crippen molar-refractivity contribution >= 4 is 16.7 Å². The molecule has 5 heteroatoms. The average Bonchev–Trinajstić information content (AvgIpc) is 3.13. The first-order valence-corrected chi connectivity index (χ1v) is 9.51. The summed E-state index contributed by atoms with van der Waals surface area (Å²) >= 11 is 0. The Morgan fingerprint density at radius 1 is 1.15 bits per heavy atom. The molecule has 3 aromatic heterocycles. The van der Waals surface area contributed by atoms with Gasteiger partial charge in [0.2, 0.25) is 0 Å². The maximum absolute atomic E-state index is 5.71. The van der Waals surface area contributed by atoms with Crippen molar-refractivity contribution in [3.63, 3.8) is 0 Å². The maximum Gasteiger partial charge on any atom is 0.137 e. The Labute approximate surface area is 153 Å². The largest absolute Gasteiger partial charge is 0.345 e. The molecule has 0 atom stereocenters. The second kappa shape index (κ2) is 7.68. The standard InChI is InChI=1S/C21H25N5/c22-26-20(19-14-25-21-18(19)7-4-12-23-21)16-9-11-17(24-13-16)10-8-15-5-2-1-3-6-15/h4,7,9,11-15H,1-3,5-6,8,10,22H2,(H,23,25)/b26-20-. The lowest BCUT2D eigenvalue weighted by molar-refractivity contribution is 0.338. The van der Waals surface area contributed by atoms with E-state index in [1.807, 2.05) is 24.5 Å². The number of nitrogens with zero attached hydrogens (tertiary/aromatic N) is 3. The van der Waals surface area contributed by atoms with E-state index in [1.54, 1.807) is 6.20 Å². The number of aryl methyl sites for hydroxylation is 1. The molecule has 134 valence electrons. The van der Waals surface area contributed by atoms with E-state index < -0.39 is 0 Å². The van der Waals surface area contributed by atoms with Crippen LogP contribution in [-0.2, 0) is 6.42 Å². The zero-order valence-corrected chi connectivity index (χ0v) is 15.0. The fourth-order valence-corrected chi connectivity index (χ4v) is 3.99. The van der Waals surface area contributed by atoms with Crippen molar-refractivity contribution < 1.29 is 0 Å². The summed E-state index contributed by atoms with van der Waals surface area (Å²) in [6.45, 7) is 0. The molecule has 5 nitrogen and oxygen atoms in total. The predicted molar refractivity (Wildman–Crippen MR) is 105 cm³/mol. The number of fused-ring (bicyclic) bond motifs is 1. The van der Waals surface area contributed by atoms with Crippen molar-refractivity contribution in [3.8, 4) is 0 Å². The van der Waals surface area contributed by atoms with E-state index in [9.17, 15) is 0 Å². The molecule has 0 aliphatic heterocycles. The summed E-state index contributed by atoms with van der Waals surface area (Å²) < 4.78 is 0. The smallest absolute Gasteiger partial charge is 0.137 e. The number of aromatic amines is 1. The molecule has 0 unspecified atom stereocenters. The Bertz CT molecular complexity index is 888. The Hall–Kier alpha value is -2.69. The van der Waals surface area contributed by atoms with Crippen LogP contribution in [0.4, 0.5) is 0 Å². The van der Waals surface area contributed by atoms with Gasteiger partial charge in [-0.3, -0.25) is 4.98 Å². The first-order valence-electron chi connectivity index (χ1n) is 9.51. The molecular formula is C21H25N5. The molecule has 3 heterocycles. The molecule has 3 aromatic rings. The van der Waals surface area contributed by atoms with Crippen LogP contribution in [0.1, 0.15) is 55.3 Å². The molecule has 0 bridgehead atoms. The summed E-state index contributed by atoms with van der Waals surface area (Å²) in [6.07, 6.45) is 14.8. The van der Waals surface area contributed by atoms with Crippen LogP contribution in [0.2, 0.25) is 0 Å². The number of nitrogens with two attached hydrogens (primary N) is 1. The lowest BCUT2D eigenvalue weighted by atomic mass is 9.86. The summed E-state index contributed by atoms with van der Waals surface area (Å²) in [5, 5.41) is 5.04. The molecule has 1 saturated carbocycles. The third-order valence-corrected chi connectivity index (χ3v) is 5.47. The molecule has 4 rings (SSSR count).